The smallest absolute Gasteiger partial charge is 0.153 e. The maximum Gasteiger partial charge on any atom is 0.153 e. The van der Waals surface area contributed by atoms with Gasteiger partial charge in [0.05, 0.1) is 5.70 Å². The largest absolute Gasteiger partial charge is 0.397 e. The van der Waals surface area contributed by atoms with Gasteiger partial charge in [-0.1, -0.05) is 23.2 Å². The van der Waals surface area contributed by atoms with Gasteiger partial charge in [-0.05, 0) is 18.2 Å². The number of rotatable bonds is 1. The molecule has 0 spiro atoms. The molecule has 0 amide bonds. The van der Waals surface area contributed by atoms with E-state index >= 15 is 0 Å². The summed E-state index contributed by atoms with van der Waals surface area (Å²) in [5.41, 5.74) is 5.99. The number of nitriles is 2. The first-order valence-corrected chi connectivity index (χ1v) is 4.60. The second kappa shape index (κ2) is 4.70. The molecular formula is C10H5Cl2N3. The third-order valence-electron chi connectivity index (χ3n) is 1.67. The second-order valence-electron chi connectivity index (χ2n) is 2.67. The molecule has 1 aromatic rings. The standard InChI is InChI=1S/C10H5Cl2N3/c11-8-1-6(2-9(12)3-8)10(15)7(4-13)5-14/h1-3H,15H2. The van der Waals surface area contributed by atoms with Gasteiger partial charge in [0.25, 0.3) is 0 Å². The topological polar surface area (TPSA) is 73.6 Å². The Morgan fingerprint density at radius 1 is 1.07 bits per heavy atom. The van der Waals surface area contributed by atoms with Crippen LogP contribution in [0.3, 0.4) is 0 Å². The first-order chi connectivity index (χ1) is 7.08. The highest BCUT2D eigenvalue weighted by molar-refractivity contribution is 6.34. The summed E-state index contributed by atoms with van der Waals surface area (Å²) in [7, 11) is 0. The van der Waals surface area contributed by atoms with Crippen molar-refractivity contribution in [3.05, 3.63) is 39.4 Å². The third-order valence-corrected chi connectivity index (χ3v) is 2.10. The summed E-state index contributed by atoms with van der Waals surface area (Å²) in [5.74, 6) is 0. The molecule has 0 fully saturated rings. The summed E-state index contributed by atoms with van der Waals surface area (Å²) in [4.78, 5) is 0. The lowest BCUT2D eigenvalue weighted by Gasteiger charge is -2.02. The number of hydrogen-bond donors (Lipinski definition) is 1. The van der Waals surface area contributed by atoms with Gasteiger partial charge in [0.1, 0.15) is 12.1 Å². The van der Waals surface area contributed by atoms with Crippen molar-refractivity contribution in [1.82, 2.24) is 0 Å². The van der Waals surface area contributed by atoms with Crippen LogP contribution >= 0.6 is 23.2 Å². The van der Waals surface area contributed by atoms with Crippen molar-refractivity contribution < 1.29 is 0 Å². The van der Waals surface area contributed by atoms with Crippen LogP contribution in [0.25, 0.3) is 5.70 Å². The van der Waals surface area contributed by atoms with E-state index in [9.17, 15) is 0 Å². The maximum absolute atomic E-state index is 8.62. The van der Waals surface area contributed by atoms with Crippen LogP contribution in [0.4, 0.5) is 0 Å². The number of halogens is 2. The summed E-state index contributed by atoms with van der Waals surface area (Å²) < 4.78 is 0. The molecule has 0 radical (unpaired) electrons. The van der Waals surface area contributed by atoms with Crippen LogP contribution in [-0.2, 0) is 0 Å². The van der Waals surface area contributed by atoms with Crippen molar-refractivity contribution in [2.24, 2.45) is 5.73 Å². The maximum atomic E-state index is 8.62. The molecule has 15 heavy (non-hydrogen) atoms. The fourth-order valence-electron chi connectivity index (χ4n) is 0.999. The predicted octanol–water partition coefficient (Wildman–Crippen LogP) is 2.71. The molecule has 74 valence electrons. The lowest BCUT2D eigenvalue weighted by Crippen LogP contribution is -1.99. The van der Waals surface area contributed by atoms with Crippen LogP contribution in [0, 0.1) is 22.7 Å². The lowest BCUT2D eigenvalue weighted by molar-refractivity contribution is 1.42. The van der Waals surface area contributed by atoms with Gasteiger partial charge in [-0.2, -0.15) is 10.5 Å². The number of allylic oxidation sites excluding steroid dienone is 1. The molecule has 3 nitrogen and oxygen atoms in total. The Labute approximate surface area is 96.9 Å². The third kappa shape index (κ3) is 2.63. The summed E-state index contributed by atoms with van der Waals surface area (Å²) >= 11 is 11.5. The van der Waals surface area contributed by atoms with E-state index in [1.54, 1.807) is 12.1 Å². The molecule has 0 bridgehead atoms. The van der Waals surface area contributed by atoms with E-state index in [4.69, 9.17) is 39.5 Å². The molecule has 0 aromatic heterocycles. The van der Waals surface area contributed by atoms with Crippen LogP contribution in [0.15, 0.2) is 23.8 Å². The summed E-state index contributed by atoms with van der Waals surface area (Å²) in [5, 5.41) is 18.0. The Bertz CT molecular complexity index is 470. The van der Waals surface area contributed by atoms with Gasteiger partial charge in [-0.15, -0.1) is 0 Å². The fraction of sp³-hybridized carbons (Fsp3) is 0. The van der Waals surface area contributed by atoms with Gasteiger partial charge in [0.2, 0.25) is 0 Å². The van der Waals surface area contributed by atoms with Gasteiger partial charge in [-0.25, -0.2) is 0 Å². The van der Waals surface area contributed by atoms with Crippen molar-refractivity contribution in [3.63, 3.8) is 0 Å². The quantitative estimate of drug-likeness (QED) is 0.764. The van der Waals surface area contributed by atoms with E-state index in [1.165, 1.54) is 18.2 Å². The monoisotopic (exact) mass is 237 g/mol. The van der Waals surface area contributed by atoms with E-state index in [0.29, 0.717) is 15.6 Å². The van der Waals surface area contributed by atoms with Gasteiger partial charge >= 0.3 is 0 Å². The van der Waals surface area contributed by atoms with Crippen LogP contribution in [0.2, 0.25) is 10.0 Å². The van der Waals surface area contributed by atoms with Gasteiger partial charge in [0, 0.05) is 15.6 Å². The molecule has 2 N–H and O–H groups in total. The van der Waals surface area contributed by atoms with Crippen LogP contribution in [0.5, 0.6) is 0 Å². The molecule has 0 atom stereocenters. The number of hydrogen-bond acceptors (Lipinski definition) is 3. The Morgan fingerprint density at radius 2 is 1.53 bits per heavy atom. The lowest BCUT2D eigenvalue weighted by atomic mass is 10.1. The Balaban J connectivity index is 3.36. The minimum absolute atomic E-state index is 0.0735. The van der Waals surface area contributed by atoms with Crippen LogP contribution in [-0.4, -0.2) is 0 Å². The molecule has 0 aliphatic heterocycles. The van der Waals surface area contributed by atoms with Crippen molar-refractivity contribution in [3.8, 4) is 12.1 Å². The van der Waals surface area contributed by atoms with E-state index in [1.807, 2.05) is 0 Å². The molecule has 0 aliphatic carbocycles. The molecule has 0 heterocycles. The van der Waals surface area contributed by atoms with Gasteiger partial charge < -0.3 is 5.73 Å². The Hall–Kier alpha value is -1.68. The van der Waals surface area contributed by atoms with Crippen molar-refractivity contribution in [2.75, 3.05) is 0 Å². The highest BCUT2D eigenvalue weighted by atomic mass is 35.5. The number of nitrogens with zero attached hydrogens (tertiary/aromatic N) is 2. The molecule has 1 aromatic carbocycles. The number of nitrogens with two attached hydrogens (primary N) is 1. The molecular weight excluding hydrogens is 233 g/mol. The molecule has 5 heteroatoms. The van der Waals surface area contributed by atoms with Gasteiger partial charge in [0.15, 0.2) is 5.57 Å². The average Bonchev–Trinajstić information content (AvgIpc) is 2.18. The second-order valence-corrected chi connectivity index (χ2v) is 3.54. The van der Waals surface area contributed by atoms with E-state index in [2.05, 4.69) is 0 Å². The molecule has 0 unspecified atom stereocenters. The number of benzene rings is 1. The zero-order valence-corrected chi connectivity index (χ0v) is 8.97. The first-order valence-electron chi connectivity index (χ1n) is 3.85. The Kier molecular flexibility index (Phi) is 3.57. The first kappa shape index (κ1) is 11.4. The van der Waals surface area contributed by atoms with E-state index in [0.717, 1.165) is 0 Å². The minimum Gasteiger partial charge on any atom is -0.397 e. The predicted molar refractivity (Wildman–Crippen MR) is 58.8 cm³/mol. The van der Waals surface area contributed by atoms with E-state index in [-0.39, 0.29) is 11.3 Å². The van der Waals surface area contributed by atoms with Crippen molar-refractivity contribution >= 4 is 28.9 Å². The highest BCUT2D eigenvalue weighted by Gasteiger charge is 2.06. The van der Waals surface area contributed by atoms with E-state index < -0.39 is 0 Å². The molecule has 0 saturated heterocycles. The summed E-state index contributed by atoms with van der Waals surface area (Å²) in [6, 6.07) is 8.01. The summed E-state index contributed by atoms with van der Waals surface area (Å²) in [6.45, 7) is 0. The SMILES string of the molecule is N#CC(C#N)=C(N)c1cc(Cl)cc(Cl)c1. The van der Waals surface area contributed by atoms with Crippen molar-refractivity contribution in [1.29, 1.82) is 10.5 Å². The minimum atomic E-state index is -0.159. The highest BCUT2D eigenvalue weighted by Crippen LogP contribution is 2.23. The van der Waals surface area contributed by atoms with Gasteiger partial charge in [-0.3, -0.25) is 0 Å². The van der Waals surface area contributed by atoms with Crippen LogP contribution in [0.1, 0.15) is 5.56 Å². The molecule has 0 saturated carbocycles. The fourth-order valence-corrected chi connectivity index (χ4v) is 1.53. The molecule has 0 aliphatic rings. The molecule has 1 rings (SSSR count). The zero-order valence-electron chi connectivity index (χ0n) is 7.46. The van der Waals surface area contributed by atoms with Crippen molar-refractivity contribution in [2.45, 2.75) is 0 Å². The zero-order chi connectivity index (χ0) is 11.4. The summed E-state index contributed by atoms with van der Waals surface area (Å²) in [6.07, 6.45) is 0. The average molecular weight is 238 g/mol. The normalized spacial score (nSPS) is 8.80. The Morgan fingerprint density at radius 3 is 1.93 bits per heavy atom. The van der Waals surface area contributed by atoms with Crippen LogP contribution < -0.4 is 5.73 Å².